The van der Waals surface area contributed by atoms with Crippen LogP contribution in [0.2, 0.25) is 0 Å². The maximum absolute atomic E-state index is 5.55. The normalized spacial score (nSPS) is 15.3. The molecule has 1 aliphatic rings. The molecule has 1 aromatic rings. The standard InChI is InChI=1S/C16H27N3O2.ClH/c1-20-15-11-14(12-16(13-15)21-2)19-9-7-18(8-10-19)6-4-3-5-17;/h11-13H,3-10,17H2,1-2H3;1H. The Balaban J connectivity index is 0.00000242. The van der Waals surface area contributed by atoms with E-state index in [-0.39, 0.29) is 12.4 Å². The van der Waals surface area contributed by atoms with E-state index in [1.54, 1.807) is 14.2 Å². The van der Waals surface area contributed by atoms with E-state index in [0.29, 0.717) is 0 Å². The molecule has 1 aliphatic heterocycles. The molecule has 0 unspecified atom stereocenters. The van der Waals surface area contributed by atoms with Gasteiger partial charge in [-0.1, -0.05) is 0 Å². The molecule has 0 bridgehead atoms. The first-order valence-corrected chi connectivity index (χ1v) is 7.67. The van der Waals surface area contributed by atoms with E-state index in [4.69, 9.17) is 15.2 Å². The van der Waals surface area contributed by atoms with Crippen LogP contribution in [0, 0.1) is 0 Å². The van der Waals surface area contributed by atoms with Gasteiger partial charge >= 0.3 is 0 Å². The van der Waals surface area contributed by atoms with Gasteiger partial charge in [0.1, 0.15) is 11.5 Å². The van der Waals surface area contributed by atoms with Gasteiger partial charge < -0.3 is 20.1 Å². The Hall–Kier alpha value is -1.17. The molecule has 0 atom stereocenters. The molecule has 126 valence electrons. The summed E-state index contributed by atoms with van der Waals surface area (Å²) in [5.74, 6) is 1.68. The molecular weight excluding hydrogens is 302 g/mol. The molecule has 2 rings (SSSR count). The monoisotopic (exact) mass is 329 g/mol. The first-order chi connectivity index (χ1) is 10.3. The van der Waals surface area contributed by atoms with Gasteiger partial charge in [0.15, 0.2) is 0 Å². The lowest BCUT2D eigenvalue weighted by molar-refractivity contribution is 0.253. The summed E-state index contributed by atoms with van der Waals surface area (Å²) in [6.07, 6.45) is 2.32. The van der Waals surface area contributed by atoms with Crippen LogP contribution in [0.3, 0.4) is 0 Å². The van der Waals surface area contributed by atoms with Gasteiger partial charge in [-0.05, 0) is 25.9 Å². The number of piperazine rings is 1. The number of halogens is 1. The molecule has 0 spiro atoms. The van der Waals surface area contributed by atoms with Crippen molar-refractivity contribution < 1.29 is 9.47 Å². The fourth-order valence-electron chi connectivity index (χ4n) is 2.68. The highest BCUT2D eigenvalue weighted by atomic mass is 35.5. The molecular formula is C16H28ClN3O2. The summed E-state index contributed by atoms with van der Waals surface area (Å²) in [5, 5.41) is 0. The molecule has 0 radical (unpaired) electrons. The highest BCUT2D eigenvalue weighted by Gasteiger charge is 2.17. The molecule has 22 heavy (non-hydrogen) atoms. The number of nitrogens with two attached hydrogens (primary N) is 1. The van der Waals surface area contributed by atoms with E-state index in [9.17, 15) is 0 Å². The van der Waals surface area contributed by atoms with Crippen LogP contribution in [0.25, 0.3) is 0 Å². The van der Waals surface area contributed by atoms with E-state index in [1.165, 1.54) is 12.1 Å². The smallest absolute Gasteiger partial charge is 0.124 e. The van der Waals surface area contributed by atoms with Crippen LogP contribution in [0.1, 0.15) is 12.8 Å². The summed E-state index contributed by atoms with van der Waals surface area (Å²) < 4.78 is 10.7. The van der Waals surface area contributed by atoms with E-state index in [0.717, 1.165) is 57.2 Å². The number of methoxy groups -OCH3 is 2. The van der Waals surface area contributed by atoms with Gasteiger partial charge in [0.05, 0.1) is 14.2 Å². The number of anilines is 1. The molecule has 1 aromatic carbocycles. The lowest BCUT2D eigenvalue weighted by Crippen LogP contribution is -2.46. The van der Waals surface area contributed by atoms with Crippen LogP contribution in [0.5, 0.6) is 11.5 Å². The van der Waals surface area contributed by atoms with Gasteiger partial charge in [-0.15, -0.1) is 12.4 Å². The first-order valence-electron chi connectivity index (χ1n) is 7.67. The maximum atomic E-state index is 5.55. The molecule has 0 saturated carbocycles. The highest BCUT2D eigenvalue weighted by molar-refractivity contribution is 5.85. The minimum atomic E-state index is 0. The van der Waals surface area contributed by atoms with Crippen molar-refractivity contribution in [3.63, 3.8) is 0 Å². The number of rotatable bonds is 7. The van der Waals surface area contributed by atoms with Crippen LogP contribution < -0.4 is 20.1 Å². The number of unbranched alkanes of at least 4 members (excludes halogenated alkanes) is 1. The van der Waals surface area contributed by atoms with Crippen molar-refractivity contribution in [2.75, 3.05) is 58.4 Å². The fraction of sp³-hybridized carbons (Fsp3) is 0.625. The predicted molar refractivity (Wildman–Crippen MR) is 93.7 cm³/mol. The lowest BCUT2D eigenvalue weighted by atomic mass is 10.2. The quantitative estimate of drug-likeness (QED) is 0.775. The summed E-state index contributed by atoms with van der Waals surface area (Å²) in [5.41, 5.74) is 6.72. The summed E-state index contributed by atoms with van der Waals surface area (Å²) in [4.78, 5) is 4.91. The van der Waals surface area contributed by atoms with Gasteiger partial charge in [0, 0.05) is 50.1 Å². The second kappa shape index (κ2) is 9.77. The fourth-order valence-corrected chi connectivity index (χ4v) is 2.68. The Morgan fingerprint density at radius 3 is 2.05 bits per heavy atom. The third-order valence-corrected chi connectivity index (χ3v) is 4.00. The van der Waals surface area contributed by atoms with Crippen molar-refractivity contribution in [1.29, 1.82) is 0 Å². The van der Waals surface area contributed by atoms with Crippen LogP contribution >= 0.6 is 12.4 Å². The van der Waals surface area contributed by atoms with E-state index in [1.807, 2.05) is 6.07 Å². The molecule has 2 N–H and O–H groups in total. The van der Waals surface area contributed by atoms with Crippen molar-refractivity contribution in [2.24, 2.45) is 5.73 Å². The van der Waals surface area contributed by atoms with Crippen molar-refractivity contribution in [3.8, 4) is 11.5 Å². The van der Waals surface area contributed by atoms with Crippen LogP contribution in [-0.2, 0) is 0 Å². The average molecular weight is 330 g/mol. The molecule has 1 heterocycles. The molecule has 1 saturated heterocycles. The van der Waals surface area contributed by atoms with E-state index in [2.05, 4.69) is 21.9 Å². The number of nitrogens with zero attached hydrogens (tertiary/aromatic N) is 2. The van der Waals surface area contributed by atoms with Crippen LogP contribution in [0.15, 0.2) is 18.2 Å². The second-order valence-corrected chi connectivity index (χ2v) is 5.40. The van der Waals surface area contributed by atoms with Crippen molar-refractivity contribution in [1.82, 2.24) is 4.90 Å². The number of hydrogen-bond acceptors (Lipinski definition) is 5. The molecule has 5 nitrogen and oxygen atoms in total. The topological polar surface area (TPSA) is 51.0 Å². The van der Waals surface area contributed by atoms with Crippen molar-refractivity contribution >= 4 is 18.1 Å². The van der Waals surface area contributed by atoms with Crippen LogP contribution in [-0.4, -0.2) is 58.4 Å². The van der Waals surface area contributed by atoms with E-state index >= 15 is 0 Å². The van der Waals surface area contributed by atoms with E-state index < -0.39 is 0 Å². The number of ether oxygens (including phenoxy) is 2. The Morgan fingerprint density at radius 1 is 0.955 bits per heavy atom. The van der Waals surface area contributed by atoms with Gasteiger partial charge in [-0.25, -0.2) is 0 Å². The minimum Gasteiger partial charge on any atom is -0.497 e. The third kappa shape index (κ3) is 5.23. The summed E-state index contributed by atoms with van der Waals surface area (Å²) in [7, 11) is 3.38. The van der Waals surface area contributed by atoms with Crippen molar-refractivity contribution in [3.05, 3.63) is 18.2 Å². The zero-order chi connectivity index (χ0) is 15.1. The predicted octanol–water partition coefficient (Wildman–Crippen LogP) is 1.99. The van der Waals surface area contributed by atoms with Gasteiger partial charge in [0.2, 0.25) is 0 Å². The van der Waals surface area contributed by atoms with Gasteiger partial charge in [0.25, 0.3) is 0 Å². The Labute approximate surface area is 139 Å². The zero-order valence-corrected chi connectivity index (χ0v) is 14.4. The Morgan fingerprint density at radius 2 is 1.55 bits per heavy atom. The number of benzene rings is 1. The molecule has 0 aliphatic carbocycles. The number of hydrogen-bond donors (Lipinski definition) is 1. The van der Waals surface area contributed by atoms with Gasteiger partial charge in [-0.2, -0.15) is 0 Å². The Bertz CT molecular complexity index is 415. The largest absolute Gasteiger partial charge is 0.497 e. The first kappa shape index (κ1) is 18.9. The summed E-state index contributed by atoms with van der Waals surface area (Å²) >= 11 is 0. The Kier molecular flexibility index (Phi) is 8.38. The second-order valence-electron chi connectivity index (χ2n) is 5.40. The van der Waals surface area contributed by atoms with Crippen LogP contribution in [0.4, 0.5) is 5.69 Å². The maximum Gasteiger partial charge on any atom is 0.124 e. The molecule has 6 heteroatoms. The third-order valence-electron chi connectivity index (χ3n) is 4.00. The minimum absolute atomic E-state index is 0. The van der Waals surface area contributed by atoms with Crippen molar-refractivity contribution in [2.45, 2.75) is 12.8 Å². The lowest BCUT2D eigenvalue weighted by Gasteiger charge is -2.36. The SMILES string of the molecule is COc1cc(OC)cc(N2CCN(CCCCN)CC2)c1.Cl. The molecule has 0 amide bonds. The van der Waals surface area contributed by atoms with Gasteiger partial charge in [-0.3, -0.25) is 4.90 Å². The zero-order valence-electron chi connectivity index (χ0n) is 13.6. The average Bonchev–Trinajstić information content (AvgIpc) is 2.55. The summed E-state index contributed by atoms with van der Waals surface area (Å²) in [6.45, 7) is 6.24. The highest BCUT2D eigenvalue weighted by Crippen LogP contribution is 2.29. The summed E-state index contributed by atoms with van der Waals surface area (Å²) in [6, 6.07) is 6.06. The molecule has 0 aromatic heterocycles. The molecule has 1 fully saturated rings.